The topological polar surface area (TPSA) is 17.1 Å². The molecule has 0 aliphatic rings. The fourth-order valence-electron chi connectivity index (χ4n) is 0.529. The molecule has 0 heterocycles. The Kier molecular flexibility index (Phi) is 1.53. The molecule has 1 heteroatoms. The van der Waals surface area contributed by atoms with Crippen LogP contribution in [0.3, 0.4) is 0 Å². The van der Waals surface area contributed by atoms with Crippen molar-refractivity contribution >= 4 is 6.29 Å². The van der Waals surface area contributed by atoms with E-state index in [1.165, 1.54) is 0 Å². The van der Waals surface area contributed by atoms with Crippen LogP contribution in [0.4, 0.5) is 0 Å². The van der Waals surface area contributed by atoms with Gasteiger partial charge in [0.25, 0.3) is 0 Å². The minimum absolute atomic E-state index is 0.249. The predicted molar refractivity (Wildman–Crippen MR) is 39.4 cm³/mol. The highest BCUT2D eigenvalue weighted by Crippen LogP contribution is 2.06. The van der Waals surface area contributed by atoms with E-state index in [0.29, 0.717) is 12.7 Å². The van der Waals surface area contributed by atoms with Crippen LogP contribution in [0, 0.1) is 5.89 Å². The second-order valence-corrected chi connectivity index (χ2v) is 1.89. The van der Waals surface area contributed by atoms with Gasteiger partial charge in [-0.2, -0.15) is 0 Å². The largest absolute Gasteiger partial charge is 0.303 e. The Labute approximate surface area is 67.3 Å². The molecular weight excluding hydrogens is 112 g/mol. The molecule has 0 saturated carbocycles. The fourth-order valence-corrected chi connectivity index (χ4v) is 0.529. The normalized spacial score (nSPS) is 25.6. The maximum atomic E-state index is 10.1. The summed E-state index contributed by atoms with van der Waals surface area (Å²) in [5.74, 6) is -2.44. The van der Waals surface area contributed by atoms with E-state index in [2.05, 4.69) is 0 Å². The summed E-state index contributed by atoms with van der Waals surface area (Å²) in [6.45, 7) is -5.70. The first kappa shape index (κ1) is 2.37. The van der Waals surface area contributed by atoms with Crippen molar-refractivity contribution in [3.8, 4) is 0 Å². The lowest BCUT2D eigenvalue weighted by molar-refractivity contribution is -0.107. The molecule has 0 amide bonds. The van der Waals surface area contributed by atoms with Crippen LogP contribution in [0.2, 0.25) is 0 Å². The summed E-state index contributed by atoms with van der Waals surface area (Å²) in [5.41, 5.74) is 0. The van der Waals surface area contributed by atoms with Crippen LogP contribution in [0.1, 0.15) is 49.0 Å². The Morgan fingerprint density at radius 1 is 1.67 bits per heavy atom. The first-order chi connectivity index (χ1) is 7.06. The zero-order chi connectivity index (χ0) is 13.0. The number of hydrogen-bond acceptors (Lipinski definition) is 1. The van der Waals surface area contributed by atoms with Gasteiger partial charge >= 0.3 is 0 Å². The summed E-state index contributed by atoms with van der Waals surface area (Å²) in [6.07, 6.45) is 1.36. The highest BCUT2D eigenvalue weighted by molar-refractivity contribution is 5.48. The Bertz CT molecular complexity index is 216. The molecule has 9 heavy (non-hydrogen) atoms. The molecule has 0 aromatic rings. The standard InChI is InChI=1S/C8H16O/c1-8(2)6-4-3-5-7-9/h7-8H,3-6H2,1-2H3/i1D3,2D3,8D. The van der Waals surface area contributed by atoms with Gasteiger partial charge in [-0.3, -0.25) is 0 Å². The van der Waals surface area contributed by atoms with Crippen LogP contribution in [-0.2, 0) is 4.79 Å². The van der Waals surface area contributed by atoms with E-state index in [4.69, 9.17) is 9.60 Å². The second-order valence-electron chi connectivity index (χ2n) is 1.89. The SMILES string of the molecule is [2H]C([2H])([2H])C([2H])(CCCCC=O)C([2H])([2H])[2H]. The summed E-state index contributed by atoms with van der Waals surface area (Å²) in [4.78, 5) is 10.1. The minimum Gasteiger partial charge on any atom is -0.303 e. The molecule has 0 atom stereocenters. The molecular formula is C8H16O. The van der Waals surface area contributed by atoms with Gasteiger partial charge in [-0.15, -0.1) is 0 Å². The maximum absolute atomic E-state index is 10.1. The predicted octanol–water partition coefficient (Wildman–Crippen LogP) is 2.40. The van der Waals surface area contributed by atoms with Crippen LogP contribution in [0.15, 0.2) is 0 Å². The van der Waals surface area contributed by atoms with Crippen LogP contribution in [0.25, 0.3) is 0 Å². The van der Waals surface area contributed by atoms with Crippen LogP contribution in [0.5, 0.6) is 0 Å². The van der Waals surface area contributed by atoms with Gasteiger partial charge in [0.2, 0.25) is 0 Å². The van der Waals surface area contributed by atoms with Crippen molar-refractivity contribution in [1.29, 1.82) is 0 Å². The first-order valence-corrected chi connectivity index (χ1v) is 3.00. The van der Waals surface area contributed by atoms with E-state index in [1.54, 1.807) is 0 Å². The number of unbranched alkanes of at least 4 members (excludes halogenated alkanes) is 2. The zero-order valence-corrected chi connectivity index (χ0v) is 5.31. The molecule has 0 aliphatic carbocycles. The summed E-state index contributed by atoms with van der Waals surface area (Å²) >= 11 is 0. The van der Waals surface area contributed by atoms with Gasteiger partial charge in [0, 0.05) is 16.0 Å². The summed E-state index contributed by atoms with van der Waals surface area (Å²) in [7, 11) is 0. The Morgan fingerprint density at radius 2 is 2.44 bits per heavy atom. The molecule has 0 N–H and O–H groups in total. The molecule has 54 valence electrons. The lowest BCUT2D eigenvalue weighted by Gasteiger charge is -2.00. The summed E-state index contributed by atoms with van der Waals surface area (Å²) in [5, 5.41) is 0. The van der Waals surface area contributed by atoms with Gasteiger partial charge in [-0.1, -0.05) is 26.5 Å². The van der Waals surface area contributed by atoms with E-state index in [0.717, 1.165) is 0 Å². The molecule has 0 saturated heterocycles. The van der Waals surface area contributed by atoms with Gasteiger partial charge in [0.05, 0.1) is 0 Å². The van der Waals surface area contributed by atoms with Crippen molar-refractivity contribution in [1.82, 2.24) is 0 Å². The van der Waals surface area contributed by atoms with E-state index >= 15 is 0 Å². The lowest BCUT2D eigenvalue weighted by Crippen LogP contribution is -1.86. The molecule has 0 fully saturated rings. The molecule has 0 aromatic carbocycles. The van der Waals surface area contributed by atoms with Crippen LogP contribution in [-0.4, -0.2) is 6.29 Å². The Balaban J connectivity index is 4.64. The van der Waals surface area contributed by atoms with Crippen molar-refractivity contribution in [3.05, 3.63) is 0 Å². The number of hydrogen-bond donors (Lipinski definition) is 0. The van der Waals surface area contributed by atoms with Crippen molar-refractivity contribution in [2.75, 3.05) is 0 Å². The number of aldehydes is 1. The third-order valence-electron chi connectivity index (χ3n) is 0.999. The van der Waals surface area contributed by atoms with E-state index in [1.807, 2.05) is 0 Å². The Morgan fingerprint density at radius 3 is 3.00 bits per heavy atom. The molecule has 0 radical (unpaired) electrons. The number of carbonyl (C=O) groups is 1. The van der Waals surface area contributed by atoms with E-state index < -0.39 is 19.6 Å². The smallest absolute Gasteiger partial charge is 0.119 e. The first-order valence-electron chi connectivity index (χ1n) is 6.50. The average molecular weight is 135 g/mol. The molecule has 0 unspecified atom stereocenters. The zero-order valence-electron chi connectivity index (χ0n) is 12.3. The molecule has 0 bridgehead atoms. The number of rotatable bonds is 5. The fraction of sp³-hybridized carbons (Fsp3) is 0.875. The minimum atomic E-state index is -2.85. The highest BCUT2D eigenvalue weighted by Gasteiger charge is 1.92. The second kappa shape index (κ2) is 5.80. The van der Waals surface area contributed by atoms with E-state index in [9.17, 15) is 4.79 Å². The van der Waals surface area contributed by atoms with Gasteiger partial charge in [0.15, 0.2) is 0 Å². The van der Waals surface area contributed by atoms with Gasteiger partial charge in [-0.25, -0.2) is 0 Å². The van der Waals surface area contributed by atoms with Crippen molar-refractivity contribution in [3.63, 3.8) is 0 Å². The molecule has 0 aromatic heterocycles. The highest BCUT2D eigenvalue weighted by atomic mass is 16.1. The van der Waals surface area contributed by atoms with E-state index in [-0.39, 0.29) is 19.3 Å². The van der Waals surface area contributed by atoms with Crippen LogP contribution >= 0.6 is 0 Å². The quantitative estimate of drug-likeness (QED) is 0.418. The maximum Gasteiger partial charge on any atom is 0.119 e. The number of carbonyl (C=O) groups excluding carboxylic acids is 1. The van der Waals surface area contributed by atoms with Crippen LogP contribution < -0.4 is 0 Å². The average Bonchev–Trinajstić information content (AvgIpc) is 2.08. The van der Waals surface area contributed by atoms with Gasteiger partial charge in [-0.05, 0) is 12.3 Å². The van der Waals surface area contributed by atoms with Crippen molar-refractivity contribution in [2.45, 2.75) is 39.4 Å². The summed E-state index contributed by atoms with van der Waals surface area (Å²) < 4.78 is 50.5. The van der Waals surface area contributed by atoms with Crippen molar-refractivity contribution in [2.24, 2.45) is 5.89 Å². The lowest BCUT2D eigenvalue weighted by atomic mass is 10.1. The third kappa shape index (κ3) is 7.67. The molecule has 0 rings (SSSR count). The summed E-state index contributed by atoms with van der Waals surface area (Å²) in [6, 6.07) is 0. The molecule has 1 nitrogen and oxygen atoms in total. The Hall–Kier alpha value is -0.330. The monoisotopic (exact) mass is 135 g/mol. The molecule has 0 spiro atoms. The molecule has 0 aliphatic heterocycles. The van der Waals surface area contributed by atoms with Crippen molar-refractivity contribution < 1.29 is 14.4 Å². The van der Waals surface area contributed by atoms with Gasteiger partial charge < -0.3 is 4.79 Å². The van der Waals surface area contributed by atoms with Gasteiger partial charge in [0.1, 0.15) is 6.29 Å². The third-order valence-corrected chi connectivity index (χ3v) is 0.999.